The second kappa shape index (κ2) is 4.66. The molecule has 0 saturated heterocycles. The van der Waals surface area contributed by atoms with Gasteiger partial charge in [-0.2, -0.15) is 0 Å². The minimum Gasteiger partial charge on any atom is -0.396 e. The van der Waals surface area contributed by atoms with Crippen molar-refractivity contribution in [1.29, 1.82) is 0 Å². The zero-order valence-electron chi connectivity index (χ0n) is 9.19. The Bertz CT molecular complexity index is 311. The fraction of sp³-hybridized carbons (Fsp3) is 0.727. The number of imidazole rings is 1. The highest BCUT2D eigenvalue weighted by Gasteiger charge is 2.24. The minimum absolute atomic E-state index is 0.280. The van der Waals surface area contributed by atoms with Gasteiger partial charge in [-0.1, -0.05) is 12.8 Å². The smallest absolute Gasteiger partial charge is 0.202 e. The van der Waals surface area contributed by atoms with Crippen LogP contribution in [0, 0.1) is 5.92 Å². The summed E-state index contributed by atoms with van der Waals surface area (Å²) in [4.78, 5) is 4.25. The van der Waals surface area contributed by atoms with Gasteiger partial charge in [0.2, 0.25) is 5.95 Å². The first-order chi connectivity index (χ1) is 7.31. The highest BCUT2D eigenvalue weighted by atomic mass is 16.3. The number of hydrogen-bond donors (Lipinski definition) is 2. The van der Waals surface area contributed by atoms with E-state index in [0.717, 1.165) is 18.8 Å². The Morgan fingerprint density at radius 1 is 1.53 bits per heavy atom. The summed E-state index contributed by atoms with van der Waals surface area (Å²) in [5.41, 5.74) is 0. The van der Waals surface area contributed by atoms with E-state index < -0.39 is 0 Å². The summed E-state index contributed by atoms with van der Waals surface area (Å²) < 4.78 is 1.98. The van der Waals surface area contributed by atoms with Gasteiger partial charge in [-0.15, -0.1) is 0 Å². The molecule has 1 saturated carbocycles. The van der Waals surface area contributed by atoms with E-state index in [4.69, 9.17) is 0 Å². The highest BCUT2D eigenvalue weighted by Crippen LogP contribution is 2.26. The first kappa shape index (κ1) is 10.5. The van der Waals surface area contributed by atoms with Crippen LogP contribution in [0.2, 0.25) is 0 Å². The van der Waals surface area contributed by atoms with Crippen LogP contribution in [0.3, 0.4) is 0 Å². The summed E-state index contributed by atoms with van der Waals surface area (Å²) in [5, 5.41) is 12.7. The number of hydrogen-bond acceptors (Lipinski definition) is 3. The van der Waals surface area contributed by atoms with Gasteiger partial charge in [-0.05, 0) is 12.8 Å². The van der Waals surface area contributed by atoms with Gasteiger partial charge in [0.25, 0.3) is 0 Å². The van der Waals surface area contributed by atoms with Crippen LogP contribution in [0.5, 0.6) is 0 Å². The molecule has 1 aliphatic rings. The largest absolute Gasteiger partial charge is 0.396 e. The van der Waals surface area contributed by atoms with Crippen LogP contribution in [0.4, 0.5) is 5.95 Å². The van der Waals surface area contributed by atoms with E-state index in [1.165, 1.54) is 12.8 Å². The van der Waals surface area contributed by atoms with Crippen molar-refractivity contribution in [1.82, 2.24) is 9.55 Å². The van der Waals surface area contributed by atoms with Gasteiger partial charge in [0.15, 0.2) is 0 Å². The topological polar surface area (TPSA) is 50.1 Å². The van der Waals surface area contributed by atoms with E-state index in [-0.39, 0.29) is 6.61 Å². The number of nitrogens with one attached hydrogen (secondary N) is 1. The summed E-state index contributed by atoms with van der Waals surface area (Å²) >= 11 is 0. The Morgan fingerprint density at radius 2 is 2.33 bits per heavy atom. The standard InChI is InChI=1S/C11H19N3O/c1-14-7-6-12-11(14)13-10-5-3-2-4-9(10)8-15/h6-7,9-10,15H,2-5,8H2,1H3,(H,12,13). The second-order valence-electron chi connectivity index (χ2n) is 4.34. The van der Waals surface area contributed by atoms with Gasteiger partial charge in [0, 0.05) is 38.0 Å². The summed E-state index contributed by atoms with van der Waals surface area (Å²) in [6, 6.07) is 0.379. The quantitative estimate of drug-likeness (QED) is 0.790. The van der Waals surface area contributed by atoms with E-state index in [9.17, 15) is 5.11 Å². The van der Waals surface area contributed by atoms with Crippen LogP contribution in [0.25, 0.3) is 0 Å². The first-order valence-electron chi connectivity index (χ1n) is 5.66. The van der Waals surface area contributed by atoms with Crippen molar-refractivity contribution in [3.05, 3.63) is 12.4 Å². The lowest BCUT2D eigenvalue weighted by atomic mass is 9.85. The Labute approximate surface area is 90.3 Å². The van der Waals surface area contributed by atoms with Crippen molar-refractivity contribution in [2.75, 3.05) is 11.9 Å². The lowest BCUT2D eigenvalue weighted by molar-refractivity contribution is 0.177. The maximum absolute atomic E-state index is 9.29. The molecular formula is C11H19N3O. The number of aliphatic hydroxyl groups excluding tert-OH is 1. The molecule has 1 aromatic heterocycles. The lowest BCUT2D eigenvalue weighted by Gasteiger charge is -2.31. The molecule has 4 heteroatoms. The van der Waals surface area contributed by atoms with E-state index in [0.29, 0.717) is 12.0 Å². The number of aromatic nitrogens is 2. The Morgan fingerprint density at radius 3 is 3.00 bits per heavy atom. The molecule has 0 radical (unpaired) electrons. The maximum Gasteiger partial charge on any atom is 0.202 e. The number of rotatable bonds is 3. The maximum atomic E-state index is 9.29. The Hall–Kier alpha value is -1.03. The first-order valence-corrected chi connectivity index (χ1v) is 5.66. The van der Waals surface area contributed by atoms with Crippen molar-refractivity contribution < 1.29 is 5.11 Å². The summed E-state index contributed by atoms with van der Waals surface area (Å²) in [7, 11) is 1.98. The molecule has 4 nitrogen and oxygen atoms in total. The number of anilines is 1. The Balaban J connectivity index is 2.00. The third-order valence-corrected chi connectivity index (χ3v) is 3.28. The van der Waals surface area contributed by atoms with Crippen LogP contribution in [0.1, 0.15) is 25.7 Å². The number of aryl methyl sites for hydroxylation is 1. The van der Waals surface area contributed by atoms with E-state index in [1.54, 1.807) is 6.20 Å². The molecular weight excluding hydrogens is 190 g/mol. The fourth-order valence-corrected chi connectivity index (χ4v) is 2.29. The van der Waals surface area contributed by atoms with E-state index in [2.05, 4.69) is 10.3 Å². The third kappa shape index (κ3) is 2.31. The molecule has 1 heterocycles. The normalized spacial score (nSPS) is 26.5. The average molecular weight is 209 g/mol. The molecule has 1 fully saturated rings. The second-order valence-corrected chi connectivity index (χ2v) is 4.34. The summed E-state index contributed by atoms with van der Waals surface area (Å²) in [6.07, 6.45) is 8.47. The van der Waals surface area contributed by atoms with Crippen LogP contribution >= 0.6 is 0 Å². The molecule has 0 spiro atoms. The SMILES string of the molecule is Cn1ccnc1NC1CCCCC1CO. The molecule has 84 valence electrons. The molecule has 1 aliphatic carbocycles. The van der Waals surface area contributed by atoms with Crippen molar-refractivity contribution in [2.24, 2.45) is 13.0 Å². The van der Waals surface area contributed by atoms with Crippen molar-refractivity contribution >= 4 is 5.95 Å². The van der Waals surface area contributed by atoms with Gasteiger partial charge in [-0.3, -0.25) is 0 Å². The molecule has 2 atom stereocenters. The predicted molar refractivity (Wildman–Crippen MR) is 59.7 cm³/mol. The molecule has 15 heavy (non-hydrogen) atoms. The van der Waals surface area contributed by atoms with Crippen LogP contribution in [-0.2, 0) is 7.05 Å². The van der Waals surface area contributed by atoms with E-state index in [1.807, 2.05) is 17.8 Å². The van der Waals surface area contributed by atoms with Gasteiger partial charge in [0.1, 0.15) is 0 Å². The minimum atomic E-state index is 0.280. The molecule has 1 aromatic rings. The molecule has 2 unspecified atom stereocenters. The molecule has 0 amide bonds. The zero-order chi connectivity index (χ0) is 10.7. The number of aliphatic hydroxyl groups is 1. The third-order valence-electron chi connectivity index (χ3n) is 3.28. The number of nitrogens with zero attached hydrogens (tertiary/aromatic N) is 2. The Kier molecular flexibility index (Phi) is 3.26. The summed E-state index contributed by atoms with van der Waals surface area (Å²) in [6.45, 7) is 0.280. The molecule has 0 aromatic carbocycles. The van der Waals surface area contributed by atoms with Gasteiger partial charge in [0.05, 0.1) is 0 Å². The van der Waals surface area contributed by atoms with E-state index >= 15 is 0 Å². The molecule has 0 bridgehead atoms. The zero-order valence-corrected chi connectivity index (χ0v) is 9.19. The van der Waals surface area contributed by atoms with Crippen LogP contribution < -0.4 is 5.32 Å². The van der Waals surface area contributed by atoms with Crippen LogP contribution in [0.15, 0.2) is 12.4 Å². The molecule has 2 N–H and O–H groups in total. The van der Waals surface area contributed by atoms with Gasteiger partial charge < -0.3 is 15.0 Å². The fourth-order valence-electron chi connectivity index (χ4n) is 2.29. The van der Waals surface area contributed by atoms with Gasteiger partial charge in [-0.25, -0.2) is 4.98 Å². The van der Waals surface area contributed by atoms with Gasteiger partial charge >= 0.3 is 0 Å². The summed E-state index contributed by atoms with van der Waals surface area (Å²) in [5.74, 6) is 1.29. The van der Waals surface area contributed by atoms with Crippen molar-refractivity contribution in [3.63, 3.8) is 0 Å². The highest BCUT2D eigenvalue weighted by molar-refractivity contribution is 5.27. The monoisotopic (exact) mass is 209 g/mol. The lowest BCUT2D eigenvalue weighted by Crippen LogP contribution is -2.35. The van der Waals surface area contributed by atoms with Crippen molar-refractivity contribution in [2.45, 2.75) is 31.7 Å². The predicted octanol–water partition coefficient (Wildman–Crippen LogP) is 1.38. The molecule has 2 rings (SSSR count). The average Bonchev–Trinajstić information content (AvgIpc) is 2.65. The molecule has 0 aliphatic heterocycles. The van der Waals surface area contributed by atoms with Crippen molar-refractivity contribution in [3.8, 4) is 0 Å². The van der Waals surface area contributed by atoms with Crippen LogP contribution in [-0.4, -0.2) is 27.3 Å².